The van der Waals surface area contributed by atoms with Crippen molar-refractivity contribution in [2.45, 2.75) is 0 Å². The van der Waals surface area contributed by atoms with E-state index in [-0.39, 0.29) is 5.91 Å². The summed E-state index contributed by atoms with van der Waals surface area (Å²) < 4.78 is 0. The van der Waals surface area contributed by atoms with Crippen LogP contribution in [0, 0.1) is 0 Å². The first-order valence-corrected chi connectivity index (χ1v) is 11.4. The molecule has 1 aromatic heterocycles. The van der Waals surface area contributed by atoms with Crippen LogP contribution in [-0.4, -0.2) is 60.3 Å². The van der Waals surface area contributed by atoms with E-state index in [2.05, 4.69) is 49.6 Å². The highest BCUT2D eigenvalue weighted by atomic mass is 16.1. The molecule has 166 valence electrons. The Bertz CT molecular complexity index is 1220. The number of nitrogens with zero attached hydrogens (tertiary/aromatic N) is 4. The summed E-state index contributed by atoms with van der Waals surface area (Å²) in [4.78, 5) is 18.1. The zero-order valence-electron chi connectivity index (χ0n) is 18.5. The lowest BCUT2D eigenvalue weighted by Crippen LogP contribution is -2.48. The fourth-order valence-corrected chi connectivity index (χ4v) is 4.37. The van der Waals surface area contributed by atoms with Gasteiger partial charge in [-0.05, 0) is 18.2 Å². The van der Waals surface area contributed by atoms with E-state index in [0.717, 1.165) is 49.2 Å². The van der Waals surface area contributed by atoms with Crippen molar-refractivity contribution in [2.75, 3.05) is 44.2 Å². The maximum Gasteiger partial charge on any atom is 0.254 e. The van der Waals surface area contributed by atoms with Crippen LogP contribution in [0.3, 0.4) is 0 Å². The van der Waals surface area contributed by atoms with E-state index in [0.29, 0.717) is 17.8 Å². The molecule has 3 aromatic carbocycles. The molecule has 2 heterocycles. The molecule has 0 saturated carbocycles. The minimum absolute atomic E-state index is 0.108. The Morgan fingerprint density at radius 3 is 2.21 bits per heavy atom. The van der Waals surface area contributed by atoms with Crippen LogP contribution in [-0.2, 0) is 0 Å². The third kappa shape index (κ3) is 4.71. The van der Waals surface area contributed by atoms with Crippen LogP contribution in [0.25, 0.3) is 22.2 Å². The molecular formula is C27H27N5O. The Kier molecular flexibility index (Phi) is 6.26. The number of fused-ring (bicyclic) bond motifs is 1. The monoisotopic (exact) mass is 437 g/mol. The summed E-state index contributed by atoms with van der Waals surface area (Å²) in [5.41, 5.74) is 4.08. The highest BCUT2D eigenvalue weighted by molar-refractivity contribution is 6.10. The van der Waals surface area contributed by atoms with E-state index in [1.807, 2.05) is 60.7 Å². The fraction of sp³-hybridized carbons (Fsp3) is 0.222. The van der Waals surface area contributed by atoms with Crippen LogP contribution in [0.5, 0.6) is 0 Å². The van der Waals surface area contributed by atoms with Crippen molar-refractivity contribution in [3.63, 3.8) is 0 Å². The number of rotatable bonds is 6. The smallest absolute Gasteiger partial charge is 0.254 e. The molecular weight excluding hydrogens is 410 g/mol. The zero-order chi connectivity index (χ0) is 22.5. The molecule has 0 radical (unpaired) electrons. The molecule has 1 fully saturated rings. The number of benzene rings is 3. The third-order valence-electron chi connectivity index (χ3n) is 6.15. The van der Waals surface area contributed by atoms with Crippen molar-refractivity contribution in [1.29, 1.82) is 0 Å². The van der Waals surface area contributed by atoms with E-state index < -0.39 is 0 Å². The SMILES string of the molecule is O=C(NCCN1CCN(c2ccccc2)CC1)c1c(-c2ccccc2)nnc2ccccc12. The van der Waals surface area contributed by atoms with Crippen LogP contribution in [0.2, 0.25) is 0 Å². The molecule has 0 bridgehead atoms. The van der Waals surface area contributed by atoms with Gasteiger partial charge in [-0.1, -0.05) is 66.7 Å². The number of carbonyl (C=O) groups excluding carboxylic acids is 1. The number of piperazine rings is 1. The predicted octanol–water partition coefficient (Wildman–Crippen LogP) is 3.85. The maximum absolute atomic E-state index is 13.3. The van der Waals surface area contributed by atoms with Crippen molar-refractivity contribution >= 4 is 22.5 Å². The average molecular weight is 438 g/mol. The average Bonchev–Trinajstić information content (AvgIpc) is 2.89. The quantitative estimate of drug-likeness (QED) is 0.497. The second-order valence-corrected chi connectivity index (χ2v) is 8.23. The largest absolute Gasteiger partial charge is 0.369 e. The zero-order valence-corrected chi connectivity index (χ0v) is 18.5. The third-order valence-corrected chi connectivity index (χ3v) is 6.15. The highest BCUT2D eigenvalue weighted by Crippen LogP contribution is 2.26. The van der Waals surface area contributed by atoms with Gasteiger partial charge < -0.3 is 10.2 Å². The number of carbonyl (C=O) groups is 1. The van der Waals surface area contributed by atoms with Crippen LogP contribution >= 0.6 is 0 Å². The summed E-state index contributed by atoms with van der Waals surface area (Å²) in [6.45, 7) is 5.38. The normalized spacial score (nSPS) is 14.4. The van der Waals surface area contributed by atoms with E-state index in [1.54, 1.807) is 0 Å². The molecule has 1 aliphatic heterocycles. The lowest BCUT2D eigenvalue weighted by molar-refractivity contribution is 0.0949. The molecule has 0 unspecified atom stereocenters. The Hall–Kier alpha value is -3.77. The standard InChI is InChI=1S/C27H27N5O/c33-27(28-15-16-31-17-19-32(20-18-31)22-11-5-2-6-12-22)25-23-13-7-8-14-24(23)29-30-26(25)21-9-3-1-4-10-21/h1-14H,15-20H2,(H,28,33). The first-order chi connectivity index (χ1) is 16.3. The van der Waals surface area contributed by atoms with E-state index in [1.165, 1.54) is 5.69 Å². The lowest BCUT2D eigenvalue weighted by Gasteiger charge is -2.36. The molecule has 5 rings (SSSR count). The van der Waals surface area contributed by atoms with Gasteiger partial charge in [-0.3, -0.25) is 9.69 Å². The first kappa shape index (κ1) is 21.1. The second-order valence-electron chi connectivity index (χ2n) is 8.23. The Balaban J connectivity index is 1.25. The van der Waals surface area contributed by atoms with Crippen molar-refractivity contribution in [3.05, 3.63) is 90.5 Å². The van der Waals surface area contributed by atoms with E-state index in [4.69, 9.17) is 0 Å². The van der Waals surface area contributed by atoms with E-state index >= 15 is 0 Å². The van der Waals surface area contributed by atoms with Gasteiger partial charge in [0.15, 0.2) is 0 Å². The van der Waals surface area contributed by atoms with Crippen molar-refractivity contribution in [1.82, 2.24) is 20.4 Å². The molecule has 6 nitrogen and oxygen atoms in total. The van der Waals surface area contributed by atoms with Gasteiger partial charge in [-0.2, -0.15) is 0 Å². The summed E-state index contributed by atoms with van der Waals surface area (Å²) in [6.07, 6.45) is 0. The van der Waals surface area contributed by atoms with Crippen LogP contribution in [0.15, 0.2) is 84.9 Å². The second kappa shape index (κ2) is 9.79. The molecule has 0 atom stereocenters. The number of hydrogen-bond donors (Lipinski definition) is 1. The number of para-hydroxylation sites is 1. The molecule has 0 spiro atoms. The highest BCUT2D eigenvalue weighted by Gasteiger charge is 2.20. The van der Waals surface area contributed by atoms with Crippen LogP contribution < -0.4 is 10.2 Å². The summed E-state index contributed by atoms with van der Waals surface area (Å²) in [7, 11) is 0. The van der Waals surface area contributed by atoms with Crippen molar-refractivity contribution in [2.24, 2.45) is 0 Å². The van der Waals surface area contributed by atoms with Crippen LogP contribution in [0.4, 0.5) is 5.69 Å². The van der Waals surface area contributed by atoms with Crippen LogP contribution in [0.1, 0.15) is 10.4 Å². The summed E-state index contributed by atoms with van der Waals surface area (Å²) >= 11 is 0. The lowest BCUT2D eigenvalue weighted by atomic mass is 10.0. The van der Waals surface area contributed by atoms with Gasteiger partial charge in [0.25, 0.3) is 5.91 Å². The number of hydrogen-bond acceptors (Lipinski definition) is 5. The molecule has 1 N–H and O–H groups in total. The van der Waals surface area contributed by atoms with Crippen molar-refractivity contribution < 1.29 is 4.79 Å². The first-order valence-electron chi connectivity index (χ1n) is 11.4. The van der Waals surface area contributed by atoms with Gasteiger partial charge >= 0.3 is 0 Å². The summed E-state index contributed by atoms with van der Waals surface area (Å²) in [5.74, 6) is -0.108. The van der Waals surface area contributed by atoms with Gasteiger partial charge in [0.05, 0.1) is 11.1 Å². The topological polar surface area (TPSA) is 61.4 Å². The minimum atomic E-state index is -0.108. The number of anilines is 1. The molecule has 1 aliphatic rings. The molecule has 1 saturated heterocycles. The number of nitrogens with one attached hydrogen (secondary N) is 1. The van der Waals surface area contributed by atoms with Gasteiger partial charge in [0.2, 0.25) is 0 Å². The number of aromatic nitrogens is 2. The Morgan fingerprint density at radius 2 is 1.45 bits per heavy atom. The molecule has 1 amide bonds. The van der Waals surface area contributed by atoms with E-state index in [9.17, 15) is 4.79 Å². The van der Waals surface area contributed by atoms with Gasteiger partial charge in [0, 0.05) is 55.9 Å². The van der Waals surface area contributed by atoms with Gasteiger partial charge in [0.1, 0.15) is 5.69 Å². The fourth-order valence-electron chi connectivity index (χ4n) is 4.37. The van der Waals surface area contributed by atoms with Gasteiger partial charge in [-0.15, -0.1) is 10.2 Å². The maximum atomic E-state index is 13.3. The number of amides is 1. The summed E-state index contributed by atoms with van der Waals surface area (Å²) in [6, 6.07) is 28.0. The van der Waals surface area contributed by atoms with Gasteiger partial charge in [-0.25, -0.2) is 0 Å². The Labute approximate surface area is 193 Å². The molecule has 4 aromatic rings. The minimum Gasteiger partial charge on any atom is -0.369 e. The predicted molar refractivity (Wildman–Crippen MR) is 132 cm³/mol. The van der Waals surface area contributed by atoms with Crippen molar-refractivity contribution in [3.8, 4) is 11.3 Å². The Morgan fingerprint density at radius 1 is 0.788 bits per heavy atom. The molecule has 0 aliphatic carbocycles. The molecule has 33 heavy (non-hydrogen) atoms. The molecule has 6 heteroatoms. The summed E-state index contributed by atoms with van der Waals surface area (Å²) in [5, 5.41) is 12.7.